The Morgan fingerprint density at radius 1 is 1.24 bits per heavy atom. The van der Waals surface area contributed by atoms with Gasteiger partial charge >= 0.3 is 0 Å². The summed E-state index contributed by atoms with van der Waals surface area (Å²) >= 11 is 5.93. The van der Waals surface area contributed by atoms with Gasteiger partial charge in [0, 0.05) is 11.3 Å². The number of hydrogen-bond donors (Lipinski definition) is 1. The molecule has 0 spiro atoms. The van der Waals surface area contributed by atoms with Crippen LogP contribution < -0.4 is 5.32 Å². The van der Waals surface area contributed by atoms with Gasteiger partial charge in [0.1, 0.15) is 6.07 Å². The lowest BCUT2D eigenvalue weighted by Gasteiger charge is -2.06. The molecule has 0 aromatic heterocycles. The van der Waals surface area contributed by atoms with Gasteiger partial charge in [0.15, 0.2) is 0 Å². The molecule has 0 saturated carbocycles. The maximum Gasteiger partial charge on any atom is 0.251 e. The van der Waals surface area contributed by atoms with Gasteiger partial charge < -0.3 is 5.32 Å². The van der Waals surface area contributed by atoms with E-state index in [4.69, 9.17) is 16.9 Å². The Morgan fingerprint density at radius 3 is 2.57 bits per heavy atom. The fourth-order valence-corrected chi connectivity index (χ4v) is 2.00. The van der Waals surface area contributed by atoms with Gasteiger partial charge in [-0.05, 0) is 36.8 Å². The van der Waals surface area contributed by atoms with Gasteiger partial charge in [0.2, 0.25) is 0 Å². The fraction of sp³-hybridized carbons (Fsp3) is 0.0588. The highest BCUT2D eigenvalue weighted by Gasteiger charge is 2.07. The van der Waals surface area contributed by atoms with Crippen LogP contribution in [0, 0.1) is 11.3 Å². The Balaban J connectivity index is 2.13. The molecule has 21 heavy (non-hydrogen) atoms. The zero-order chi connectivity index (χ0) is 15.2. The summed E-state index contributed by atoms with van der Waals surface area (Å²) < 4.78 is 0. The number of nitrogens with zero attached hydrogens (tertiary/aromatic N) is 1. The number of nitriles is 1. The second-order valence-electron chi connectivity index (χ2n) is 4.50. The van der Waals surface area contributed by atoms with Crippen molar-refractivity contribution in [1.82, 2.24) is 0 Å². The average Bonchev–Trinajstić information content (AvgIpc) is 2.48. The van der Waals surface area contributed by atoms with E-state index in [1.54, 1.807) is 31.2 Å². The normalized spacial score (nSPS) is 10.8. The van der Waals surface area contributed by atoms with Crippen LogP contribution in [-0.2, 0) is 4.79 Å². The number of halogens is 1. The summed E-state index contributed by atoms with van der Waals surface area (Å²) in [6, 6.07) is 16.4. The van der Waals surface area contributed by atoms with E-state index in [-0.39, 0.29) is 5.91 Å². The van der Waals surface area contributed by atoms with Gasteiger partial charge in [-0.3, -0.25) is 4.79 Å². The fourth-order valence-electron chi connectivity index (χ4n) is 1.78. The lowest BCUT2D eigenvalue weighted by atomic mass is 10.1. The number of anilines is 1. The second-order valence-corrected chi connectivity index (χ2v) is 4.91. The topological polar surface area (TPSA) is 52.9 Å². The number of nitrogens with one attached hydrogen (secondary N) is 1. The molecule has 0 atom stereocenters. The zero-order valence-corrected chi connectivity index (χ0v) is 12.2. The smallest absolute Gasteiger partial charge is 0.251 e. The molecule has 0 fully saturated rings. The van der Waals surface area contributed by atoms with E-state index in [2.05, 4.69) is 5.32 Å². The minimum atomic E-state index is -0.209. The Bertz CT molecular complexity index is 730. The SMILES string of the molecule is CC(=Cc1ccccc1)C(=O)Nc1ccc(C#N)c(Cl)c1. The van der Waals surface area contributed by atoms with Crippen molar-refractivity contribution in [3.63, 3.8) is 0 Å². The summed E-state index contributed by atoms with van der Waals surface area (Å²) in [4.78, 5) is 12.1. The van der Waals surface area contributed by atoms with E-state index in [0.29, 0.717) is 21.8 Å². The molecule has 0 aliphatic rings. The van der Waals surface area contributed by atoms with Gasteiger partial charge in [-0.1, -0.05) is 41.9 Å². The molecule has 0 aliphatic heterocycles. The summed E-state index contributed by atoms with van der Waals surface area (Å²) in [7, 11) is 0. The quantitative estimate of drug-likeness (QED) is 0.861. The van der Waals surface area contributed by atoms with Crippen molar-refractivity contribution in [2.24, 2.45) is 0 Å². The molecule has 2 aromatic rings. The van der Waals surface area contributed by atoms with Crippen molar-refractivity contribution in [2.45, 2.75) is 6.92 Å². The van der Waals surface area contributed by atoms with E-state index < -0.39 is 0 Å². The molecule has 104 valence electrons. The molecule has 2 aromatic carbocycles. The maximum atomic E-state index is 12.1. The van der Waals surface area contributed by atoms with Crippen molar-refractivity contribution in [1.29, 1.82) is 5.26 Å². The van der Waals surface area contributed by atoms with E-state index in [1.165, 1.54) is 0 Å². The zero-order valence-electron chi connectivity index (χ0n) is 11.4. The standard InChI is InChI=1S/C17H13ClN2O/c1-12(9-13-5-3-2-4-6-13)17(21)20-15-8-7-14(11-19)16(18)10-15/h2-10H,1H3,(H,20,21). The first-order valence-corrected chi connectivity index (χ1v) is 6.72. The summed E-state index contributed by atoms with van der Waals surface area (Å²) in [6.45, 7) is 1.74. The highest BCUT2D eigenvalue weighted by molar-refractivity contribution is 6.32. The molecule has 1 amide bonds. The Morgan fingerprint density at radius 2 is 1.95 bits per heavy atom. The first-order chi connectivity index (χ1) is 10.1. The molecule has 0 bridgehead atoms. The highest BCUT2D eigenvalue weighted by Crippen LogP contribution is 2.20. The number of hydrogen-bond acceptors (Lipinski definition) is 2. The summed E-state index contributed by atoms with van der Waals surface area (Å²) in [5, 5.41) is 11.9. The molecule has 4 heteroatoms. The largest absolute Gasteiger partial charge is 0.322 e. The first kappa shape index (κ1) is 14.8. The van der Waals surface area contributed by atoms with Gasteiger partial charge in [0.05, 0.1) is 10.6 Å². The van der Waals surface area contributed by atoms with Crippen LogP contribution in [0.5, 0.6) is 0 Å². The van der Waals surface area contributed by atoms with Crippen LogP contribution in [-0.4, -0.2) is 5.91 Å². The highest BCUT2D eigenvalue weighted by atomic mass is 35.5. The van der Waals surface area contributed by atoms with Gasteiger partial charge in [-0.25, -0.2) is 0 Å². The van der Waals surface area contributed by atoms with Crippen molar-refractivity contribution in [2.75, 3.05) is 5.32 Å². The number of carbonyl (C=O) groups excluding carboxylic acids is 1. The number of carbonyl (C=O) groups is 1. The Hall–Kier alpha value is -2.57. The van der Waals surface area contributed by atoms with Crippen LogP contribution >= 0.6 is 11.6 Å². The average molecular weight is 297 g/mol. The van der Waals surface area contributed by atoms with Crippen molar-refractivity contribution < 1.29 is 4.79 Å². The Labute approximate surface area is 128 Å². The minimum absolute atomic E-state index is 0.209. The molecular formula is C17H13ClN2O. The molecule has 0 aliphatic carbocycles. The van der Waals surface area contributed by atoms with Crippen LogP contribution in [0.25, 0.3) is 6.08 Å². The van der Waals surface area contributed by atoms with Gasteiger partial charge in [0.25, 0.3) is 5.91 Å². The minimum Gasteiger partial charge on any atom is -0.322 e. The summed E-state index contributed by atoms with van der Waals surface area (Å²) in [5.41, 5.74) is 2.49. The molecule has 0 radical (unpaired) electrons. The molecule has 0 heterocycles. The first-order valence-electron chi connectivity index (χ1n) is 6.34. The number of amides is 1. The van der Waals surface area contributed by atoms with Crippen LogP contribution in [0.1, 0.15) is 18.1 Å². The molecule has 3 nitrogen and oxygen atoms in total. The van der Waals surface area contributed by atoms with E-state index in [0.717, 1.165) is 5.56 Å². The predicted molar refractivity (Wildman–Crippen MR) is 84.9 cm³/mol. The summed E-state index contributed by atoms with van der Waals surface area (Å²) in [5.74, 6) is -0.209. The summed E-state index contributed by atoms with van der Waals surface area (Å²) in [6.07, 6.45) is 1.81. The van der Waals surface area contributed by atoms with Crippen LogP contribution in [0.15, 0.2) is 54.1 Å². The monoisotopic (exact) mass is 296 g/mol. The van der Waals surface area contributed by atoms with Gasteiger partial charge in [-0.2, -0.15) is 5.26 Å². The third-order valence-corrected chi connectivity index (χ3v) is 3.20. The van der Waals surface area contributed by atoms with Crippen LogP contribution in [0.4, 0.5) is 5.69 Å². The Kier molecular flexibility index (Phi) is 4.76. The van der Waals surface area contributed by atoms with Crippen LogP contribution in [0.2, 0.25) is 5.02 Å². The number of rotatable bonds is 3. The van der Waals surface area contributed by atoms with E-state index >= 15 is 0 Å². The second kappa shape index (κ2) is 6.74. The molecule has 0 saturated heterocycles. The van der Waals surface area contributed by atoms with E-state index in [1.807, 2.05) is 36.4 Å². The van der Waals surface area contributed by atoms with Crippen molar-refractivity contribution in [3.05, 3.63) is 70.3 Å². The molecule has 0 unspecified atom stereocenters. The lowest BCUT2D eigenvalue weighted by molar-refractivity contribution is -0.112. The maximum absolute atomic E-state index is 12.1. The van der Waals surface area contributed by atoms with E-state index in [9.17, 15) is 4.79 Å². The van der Waals surface area contributed by atoms with Gasteiger partial charge in [-0.15, -0.1) is 0 Å². The lowest BCUT2D eigenvalue weighted by Crippen LogP contribution is -2.12. The molecular weight excluding hydrogens is 284 g/mol. The molecule has 2 rings (SSSR count). The third-order valence-electron chi connectivity index (χ3n) is 2.89. The number of benzene rings is 2. The third kappa shape index (κ3) is 3.95. The molecule has 1 N–H and O–H groups in total. The van der Waals surface area contributed by atoms with Crippen LogP contribution in [0.3, 0.4) is 0 Å². The van der Waals surface area contributed by atoms with Crippen molar-refractivity contribution in [3.8, 4) is 6.07 Å². The van der Waals surface area contributed by atoms with Crippen molar-refractivity contribution >= 4 is 29.3 Å². The predicted octanol–water partition coefficient (Wildman–Crippen LogP) is 4.25.